The molecule has 3 N–H and O–H groups in total. The van der Waals surface area contributed by atoms with E-state index in [4.69, 9.17) is 14.6 Å². The second-order valence-corrected chi connectivity index (χ2v) is 8.59. The quantitative estimate of drug-likeness (QED) is 0.375. The van der Waals surface area contributed by atoms with Gasteiger partial charge in [-0.3, -0.25) is 4.79 Å². The zero-order valence-corrected chi connectivity index (χ0v) is 18.8. The van der Waals surface area contributed by atoms with E-state index in [1.54, 1.807) is 13.0 Å². The minimum atomic E-state index is -0.462. The fourth-order valence-corrected chi connectivity index (χ4v) is 3.50. The number of amides is 1. The number of H-pyrrole nitrogens is 1. The number of rotatable bonds is 6. The van der Waals surface area contributed by atoms with Gasteiger partial charge in [-0.2, -0.15) is 0 Å². The molecule has 34 heavy (non-hydrogen) atoms. The van der Waals surface area contributed by atoms with E-state index >= 15 is 0 Å². The average Bonchev–Trinajstić information content (AvgIpc) is 3.25. The van der Waals surface area contributed by atoms with Crippen LogP contribution in [0.5, 0.6) is 0 Å². The van der Waals surface area contributed by atoms with Crippen LogP contribution in [0.1, 0.15) is 66.8 Å². The predicted octanol–water partition coefficient (Wildman–Crippen LogP) is 2.68. The first-order valence-corrected chi connectivity index (χ1v) is 11.0. The number of fused-ring (bicyclic) bond motifs is 1. The van der Waals surface area contributed by atoms with Gasteiger partial charge in [0.15, 0.2) is 17.2 Å². The molecule has 4 aromatic heterocycles. The van der Waals surface area contributed by atoms with E-state index in [2.05, 4.69) is 49.2 Å². The number of hydrogen-bond donors (Lipinski definition) is 3. The summed E-state index contributed by atoms with van der Waals surface area (Å²) in [6, 6.07) is 6.80. The zero-order valence-electron chi connectivity index (χ0n) is 18.8. The Morgan fingerprint density at radius 2 is 2.15 bits per heavy atom. The summed E-state index contributed by atoms with van der Waals surface area (Å²) in [6.45, 7) is 3.96. The topological polar surface area (TPSA) is 143 Å². The molecule has 0 spiro atoms. The molecule has 1 saturated carbocycles. The van der Waals surface area contributed by atoms with E-state index in [1.807, 2.05) is 12.1 Å². The van der Waals surface area contributed by atoms with Crippen LogP contribution in [0.2, 0.25) is 0 Å². The van der Waals surface area contributed by atoms with Crippen molar-refractivity contribution in [1.82, 2.24) is 35.4 Å². The number of aromatic nitrogens is 6. The van der Waals surface area contributed by atoms with Crippen molar-refractivity contribution in [2.75, 3.05) is 6.61 Å². The van der Waals surface area contributed by atoms with Gasteiger partial charge in [-0.15, -0.1) is 0 Å². The standard InChI is InChI=1S/C24H23N7O3/c1-14(27-23(33)18-11-15(25-13-26-18)5-3-4-10-32)19-12-17(31-34-19)22-28-16-6-7-20(24(2)8-9-24)29-21(16)30-22/h6-7,11-14,32H,4,8-10H2,1-2H3,(H,27,33)(H,28,29,30)/t14-/m1/s1. The number of aliphatic hydroxyl groups is 1. The van der Waals surface area contributed by atoms with Gasteiger partial charge in [0.1, 0.15) is 23.4 Å². The maximum atomic E-state index is 12.6. The molecule has 0 saturated heterocycles. The van der Waals surface area contributed by atoms with Crippen molar-refractivity contribution in [1.29, 1.82) is 0 Å². The highest BCUT2D eigenvalue weighted by molar-refractivity contribution is 5.92. The molecule has 4 aromatic rings. The van der Waals surface area contributed by atoms with Gasteiger partial charge in [-0.05, 0) is 37.8 Å². The Hall–Kier alpha value is -4.10. The van der Waals surface area contributed by atoms with E-state index in [9.17, 15) is 4.79 Å². The number of nitrogens with one attached hydrogen (secondary N) is 2. The summed E-state index contributed by atoms with van der Waals surface area (Å²) in [5.74, 6) is 6.18. The molecule has 172 valence electrons. The number of hydrogen-bond acceptors (Lipinski definition) is 8. The number of carbonyl (C=O) groups excluding carboxylic acids is 1. The van der Waals surface area contributed by atoms with Crippen LogP contribution in [0.4, 0.5) is 0 Å². The largest absolute Gasteiger partial charge is 0.395 e. The summed E-state index contributed by atoms with van der Waals surface area (Å²) < 4.78 is 5.47. The first-order chi connectivity index (χ1) is 16.4. The van der Waals surface area contributed by atoms with Gasteiger partial charge in [0.2, 0.25) is 0 Å². The summed E-state index contributed by atoms with van der Waals surface area (Å²) in [6.07, 6.45) is 3.90. The van der Waals surface area contributed by atoms with Crippen molar-refractivity contribution in [2.45, 2.75) is 44.6 Å². The lowest BCUT2D eigenvalue weighted by atomic mass is 10.1. The highest BCUT2D eigenvalue weighted by atomic mass is 16.5. The predicted molar refractivity (Wildman–Crippen MR) is 122 cm³/mol. The summed E-state index contributed by atoms with van der Waals surface area (Å²) in [5, 5.41) is 15.8. The third-order valence-electron chi connectivity index (χ3n) is 5.86. The molecular weight excluding hydrogens is 434 g/mol. The minimum absolute atomic E-state index is 0.0346. The van der Waals surface area contributed by atoms with Gasteiger partial charge >= 0.3 is 0 Å². The van der Waals surface area contributed by atoms with E-state index < -0.39 is 11.9 Å². The Balaban J connectivity index is 1.29. The molecule has 0 aromatic carbocycles. The molecule has 1 aliphatic carbocycles. The Labute approximate surface area is 195 Å². The summed E-state index contributed by atoms with van der Waals surface area (Å²) in [7, 11) is 0. The molecule has 1 amide bonds. The summed E-state index contributed by atoms with van der Waals surface area (Å²) in [5.41, 5.74) is 3.81. The van der Waals surface area contributed by atoms with Gasteiger partial charge in [-0.1, -0.05) is 18.0 Å². The van der Waals surface area contributed by atoms with Crippen LogP contribution in [0.25, 0.3) is 22.7 Å². The molecule has 10 heteroatoms. The number of nitrogens with zero attached hydrogens (tertiary/aromatic N) is 5. The van der Waals surface area contributed by atoms with E-state index in [-0.39, 0.29) is 17.7 Å². The lowest BCUT2D eigenvalue weighted by Gasteiger charge is -2.09. The maximum absolute atomic E-state index is 12.6. The third-order valence-corrected chi connectivity index (χ3v) is 5.86. The Morgan fingerprint density at radius 1 is 1.29 bits per heavy atom. The monoisotopic (exact) mass is 457 g/mol. The van der Waals surface area contributed by atoms with E-state index in [1.165, 1.54) is 12.4 Å². The Morgan fingerprint density at radius 3 is 2.94 bits per heavy atom. The molecule has 0 radical (unpaired) electrons. The van der Waals surface area contributed by atoms with E-state index in [0.717, 1.165) is 24.1 Å². The molecule has 1 fully saturated rings. The SMILES string of the molecule is C[C@@H](NC(=O)c1cc(C#CCCO)ncn1)c1cc(-c2nc3nc(C4(C)CC4)ccc3[nH]2)no1. The lowest BCUT2D eigenvalue weighted by Crippen LogP contribution is -2.27. The van der Waals surface area contributed by atoms with Crippen LogP contribution in [-0.2, 0) is 5.41 Å². The van der Waals surface area contributed by atoms with Gasteiger partial charge in [0.05, 0.1) is 18.2 Å². The fraction of sp³-hybridized carbons (Fsp3) is 0.333. The molecule has 0 aliphatic heterocycles. The minimum Gasteiger partial charge on any atom is -0.395 e. The van der Waals surface area contributed by atoms with Crippen molar-refractivity contribution >= 4 is 17.1 Å². The first kappa shape index (κ1) is 21.7. The molecule has 4 heterocycles. The van der Waals surface area contributed by atoms with E-state index in [0.29, 0.717) is 35.0 Å². The summed E-state index contributed by atoms with van der Waals surface area (Å²) in [4.78, 5) is 33.2. The van der Waals surface area contributed by atoms with Crippen molar-refractivity contribution in [3.05, 3.63) is 53.4 Å². The third kappa shape index (κ3) is 4.38. The molecule has 10 nitrogen and oxygen atoms in total. The van der Waals surface area contributed by atoms with Crippen LogP contribution < -0.4 is 5.32 Å². The number of aromatic amines is 1. The lowest BCUT2D eigenvalue weighted by molar-refractivity contribution is 0.0928. The van der Waals surface area contributed by atoms with Crippen molar-refractivity contribution < 1.29 is 14.4 Å². The van der Waals surface area contributed by atoms with Crippen molar-refractivity contribution in [2.24, 2.45) is 0 Å². The molecule has 1 aliphatic rings. The van der Waals surface area contributed by atoms with Crippen LogP contribution in [0, 0.1) is 11.8 Å². The van der Waals surface area contributed by atoms with Gasteiger partial charge in [0.25, 0.3) is 5.91 Å². The Bertz CT molecular complexity index is 1430. The van der Waals surface area contributed by atoms with Crippen molar-refractivity contribution in [3.8, 4) is 23.4 Å². The smallest absolute Gasteiger partial charge is 0.270 e. The normalized spacial score (nSPS) is 14.9. The van der Waals surface area contributed by atoms with Crippen LogP contribution in [0.3, 0.4) is 0 Å². The van der Waals surface area contributed by atoms with Crippen LogP contribution >= 0.6 is 0 Å². The van der Waals surface area contributed by atoms with Gasteiger partial charge in [0, 0.05) is 29.7 Å². The number of imidazole rings is 1. The molecule has 5 rings (SSSR count). The van der Waals surface area contributed by atoms with Crippen molar-refractivity contribution in [3.63, 3.8) is 0 Å². The number of carbonyl (C=O) groups is 1. The first-order valence-electron chi connectivity index (χ1n) is 11.0. The van der Waals surface area contributed by atoms with Gasteiger partial charge in [-0.25, -0.2) is 19.9 Å². The highest BCUT2D eigenvalue weighted by Crippen LogP contribution is 2.46. The number of pyridine rings is 1. The average molecular weight is 457 g/mol. The number of aliphatic hydroxyl groups excluding tert-OH is 1. The molecule has 0 bridgehead atoms. The zero-order chi connectivity index (χ0) is 23.7. The maximum Gasteiger partial charge on any atom is 0.270 e. The van der Waals surface area contributed by atoms with Crippen LogP contribution in [-0.4, -0.2) is 47.7 Å². The Kier molecular flexibility index (Phi) is 5.55. The second kappa shape index (κ2) is 8.68. The second-order valence-electron chi connectivity index (χ2n) is 8.59. The van der Waals surface area contributed by atoms with Crippen LogP contribution in [0.15, 0.2) is 35.1 Å². The summed E-state index contributed by atoms with van der Waals surface area (Å²) >= 11 is 0. The van der Waals surface area contributed by atoms with Gasteiger partial charge < -0.3 is 19.9 Å². The fourth-order valence-electron chi connectivity index (χ4n) is 3.50. The molecular formula is C24H23N7O3. The highest BCUT2D eigenvalue weighted by Gasteiger charge is 2.40. The molecule has 1 atom stereocenters. The molecule has 0 unspecified atom stereocenters.